The Balaban J connectivity index is 2.40. The quantitative estimate of drug-likeness (QED) is 0.751. The molecule has 1 rings (SSSR count). The molecule has 0 heterocycles. The van der Waals surface area contributed by atoms with Crippen molar-refractivity contribution in [1.82, 2.24) is 0 Å². The van der Waals surface area contributed by atoms with Crippen molar-refractivity contribution in [2.75, 3.05) is 0 Å². The van der Waals surface area contributed by atoms with Gasteiger partial charge in [0.25, 0.3) is 0 Å². The zero-order valence-electron chi connectivity index (χ0n) is 8.81. The molecule has 0 amide bonds. The number of carboxylic acids is 1. The topological polar surface area (TPSA) is 49.7 Å². The first kappa shape index (κ1) is 11.4. The second-order valence-electron chi connectivity index (χ2n) is 3.43. The molecule has 80 valence electrons. The van der Waals surface area contributed by atoms with Crippen molar-refractivity contribution in [3.05, 3.63) is 35.9 Å². The molecule has 0 aliphatic heterocycles. The predicted octanol–water partition coefficient (Wildman–Crippen LogP) is 2.51. The minimum absolute atomic E-state index is 0.157. The Labute approximate surface area is 89.5 Å². The van der Waals surface area contributed by atoms with Crippen molar-refractivity contribution < 1.29 is 9.90 Å². The molecule has 3 heteroatoms. The summed E-state index contributed by atoms with van der Waals surface area (Å²) in [5, 5.41) is 8.49. The normalized spacial score (nSPS) is 11.4. The van der Waals surface area contributed by atoms with Crippen molar-refractivity contribution in [3.63, 3.8) is 0 Å². The second kappa shape index (κ2) is 5.96. The predicted molar refractivity (Wildman–Crippen MR) is 60.1 cm³/mol. The Hall–Kier alpha value is -1.64. The number of hydrogen-bond donors (Lipinski definition) is 1. The molecule has 0 atom stereocenters. The zero-order valence-corrected chi connectivity index (χ0v) is 8.81. The summed E-state index contributed by atoms with van der Waals surface area (Å²) in [6, 6.07) is 9.92. The van der Waals surface area contributed by atoms with E-state index in [2.05, 4.69) is 4.99 Å². The maximum absolute atomic E-state index is 10.3. The van der Waals surface area contributed by atoms with Crippen LogP contribution in [0.15, 0.2) is 35.3 Å². The molecule has 0 bridgehead atoms. The minimum Gasteiger partial charge on any atom is -0.481 e. The van der Waals surface area contributed by atoms with E-state index in [1.807, 2.05) is 37.3 Å². The van der Waals surface area contributed by atoms with Crippen molar-refractivity contribution in [1.29, 1.82) is 0 Å². The van der Waals surface area contributed by atoms with Crippen LogP contribution in [0.5, 0.6) is 0 Å². The van der Waals surface area contributed by atoms with Crippen LogP contribution in [0.2, 0.25) is 0 Å². The molecule has 3 nitrogen and oxygen atoms in total. The standard InChI is InChI=1S/C12H15NO2/c1-10(7-8-12(14)15)13-9-11-5-3-2-4-6-11/h2-6H,7-9H2,1H3,(H,14,15). The molecule has 0 saturated carbocycles. The van der Waals surface area contributed by atoms with E-state index in [0.717, 1.165) is 11.3 Å². The van der Waals surface area contributed by atoms with Gasteiger partial charge in [0.2, 0.25) is 0 Å². The summed E-state index contributed by atoms with van der Waals surface area (Å²) in [4.78, 5) is 14.6. The zero-order chi connectivity index (χ0) is 11.1. The number of carbonyl (C=O) groups is 1. The number of hydrogen-bond acceptors (Lipinski definition) is 2. The van der Waals surface area contributed by atoms with E-state index < -0.39 is 5.97 Å². The van der Waals surface area contributed by atoms with Crippen molar-refractivity contribution in [3.8, 4) is 0 Å². The molecule has 0 saturated heterocycles. The lowest BCUT2D eigenvalue weighted by Crippen LogP contribution is -2.00. The monoisotopic (exact) mass is 205 g/mol. The summed E-state index contributed by atoms with van der Waals surface area (Å²) in [6.45, 7) is 2.50. The number of benzene rings is 1. The Morgan fingerprint density at radius 2 is 1.93 bits per heavy atom. The van der Waals surface area contributed by atoms with Crippen LogP contribution in [0.1, 0.15) is 25.3 Å². The van der Waals surface area contributed by atoms with Gasteiger partial charge in [-0.2, -0.15) is 0 Å². The highest BCUT2D eigenvalue weighted by atomic mass is 16.4. The third kappa shape index (κ3) is 4.96. The SMILES string of the molecule is CC(CCC(=O)O)=NCc1ccccc1. The molecule has 0 aliphatic rings. The lowest BCUT2D eigenvalue weighted by molar-refractivity contribution is -0.136. The van der Waals surface area contributed by atoms with Gasteiger partial charge in [-0.05, 0) is 18.9 Å². The molecule has 15 heavy (non-hydrogen) atoms. The van der Waals surface area contributed by atoms with E-state index in [9.17, 15) is 4.79 Å². The molecule has 1 aromatic carbocycles. The van der Waals surface area contributed by atoms with Crippen LogP contribution in [0.4, 0.5) is 0 Å². The van der Waals surface area contributed by atoms with Gasteiger partial charge in [0.1, 0.15) is 0 Å². The molecule has 0 unspecified atom stereocenters. The maximum atomic E-state index is 10.3. The summed E-state index contributed by atoms with van der Waals surface area (Å²) in [6.07, 6.45) is 0.687. The van der Waals surface area contributed by atoms with Gasteiger partial charge in [-0.15, -0.1) is 0 Å². The van der Waals surface area contributed by atoms with Gasteiger partial charge in [-0.3, -0.25) is 9.79 Å². The Morgan fingerprint density at radius 1 is 1.27 bits per heavy atom. The highest BCUT2D eigenvalue weighted by Gasteiger charge is 1.98. The van der Waals surface area contributed by atoms with E-state index in [0.29, 0.717) is 13.0 Å². The summed E-state index contributed by atoms with van der Waals surface area (Å²) in [5.74, 6) is -0.774. The summed E-state index contributed by atoms with van der Waals surface area (Å²) in [7, 11) is 0. The van der Waals surface area contributed by atoms with E-state index in [1.165, 1.54) is 0 Å². The van der Waals surface area contributed by atoms with Gasteiger partial charge in [0.15, 0.2) is 0 Å². The van der Waals surface area contributed by atoms with E-state index in [1.54, 1.807) is 0 Å². The van der Waals surface area contributed by atoms with Crippen LogP contribution in [-0.2, 0) is 11.3 Å². The first-order chi connectivity index (χ1) is 7.18. The van der Waals surface area contributed by atoms with Gasteiger partial charge >= 0.3 is 5.97 Å². The highest BCUT2D eigenvalue weighted by Crippen LogP contribution is 2.02. The van der Waals surface area contributed by atoms with Crippen molar-refractivity contribution in [2.24, 2.45) is 4.99 Å². The molecular formula is C12H15NO2. The van der Waals surface area contributed by atoms with Crippen LogP contribution in [0.3, 0.4) is 0 Å². The molecule has 0 aromatic heterocycles. The molecule has 1 N–H and O–H groups in total. The van der Waals surface area contributed by atoms with Gasteiger partial charge < -0.3 is 5.11 Å². The number of nitrogens with zero attached hydrogens (tertiary/aromatic N) is 1. The lowest BCUT2D eigenvalue weighted by Gasteiger charge is -1.99. The second-order valence-corrected chi connectivity index (χ2v) is 3.43. The van der Waals surface area contributed by atoms with Gasteiger partial charge in [0.05, 0.1) is 13.0 Å². The van der Waals surface area contributed by atoms with Crippen LogP contribution < -0.4 is 0 Å². The molecule has 0 aliphatic carbocycles. The number of aliphatic imine (C=N–C) groups is 1. The first-order valence-corrected chi connectivity index (χ1v) is 4.94. The van der Waals surface area contributed by atoms with Crippen LogP contribution in [0, 0.1) is 0 Å². The Kier molecular flexibility index (Phi) is 4.54. The van der Waals surface area contributed by atoms with Crippen LogP contribution in [0.25, 0.3) is 0 Å². The van der Waals surface area contributed by atoms with Gasteiger partial charge in [0, 0.05) is 5.71 Å². The van der Waals surface area contributed by atoms with Crippen LogP contribution >= 0.6 is 0 Å². The molecule has 1 aromatic rings. The largest absolute Gasteiger partial charge is 0.481 e. The number of rotatable bonds is 5. The van der Waals surface area contributed by atoms with Crippen molar-refractivity contribution >= 4 is 11.7 Å². The summed E-state index contributed by atoms with van der Waals surface area (Å²) < 4.78 is 0. The molecular weight excluding hydrogens is 190 g/mol. The average Bonchev–Trinajstić information content (AvgIpc) is 2.25. The smallest absolute Gasteiger partial charge is 0.303 e. The summed E-state index contributed by atoms with van der Waals surface area (Å²) in [5.41, 5.74) is 2.04. The van der Waals surface area contributed by atoms with E-state index in [4.69, 9.17) is 5.11 Å². The minimum atomic E-state index is -0.774. The van der Waals surface area contributed by atoms with Crippen LogP contribution in [-0.4, -0.2) is 16.8 Å². The van der Waals surface area contributed by atoms with E-state index in [-0.39, 0.29) is 6.42 Å². The highest BCUT2D eigenvalue weighted by molar-refractivity contribution is 5.85. The van der Waals surface area contributed by atoms with Gasteiger partial charge in [-0.25, -0.2) is 0 Å². The molecule has 0 fully saturated rings. The van der Waals surface area contributed by atoms with Gasteiger partial charge in [-0.1, -0.05) is 30.3 Å². The Morgan fingerprint density at radius 3 is 2.53 bits per heavy atom. The number of carboxylic acid groups (broad SMARTS) is 1. The molecule has 0 spiro atoms. The first-order valence-electron chi connectivity index (χ1n) is 4.94. The van der Waals surface area contributed by atoms with Crippen molar-refractivity contribution in [2.45, 2.75) is 26.3 Å². The fourth-order valence-corrected chi connectivity index (χ4v) is 1.18. The third-order valence-corrected chi connectivity index (χ3v) is 2.08. The Bertz CT molecular complexity index is 344. The number of aliphatic carboxylic acids is 1. The molecule has 0 radical (unpaired) electrons. The third-order valence-electron chi connectivity index (χ3n) is 2.08. The maximum Gasteiger partial charge on any atom is 0.303 e. The fraction of sp³-hybridized carbons (Fsp3) is 0.333. The van der Waals surface area contributed by atoms with E-state index >= 15 is 0 Å². The lowest BCUT2D eigenvalue weighted by atomic mass is 10.2. The fourth-order valence-electron chi connectivity index (χ4n) is 1.18. The average molecular weight is 205 g/mol. The summed E-state index contributed by atoms with van der Waals surface area (Å²) >= 11 is 0.